The van der Waals surface area contributed by atoms with Crippen LogP contribution in [0.4, 0.5) is 0 Å². The van der Waals surface area contributed by atoms with Crippen molar-refractivity contribution in [2.75, 3.05) is 6.79 Å². The monoisotopic (exact) mass is 251 g/mol. The summed E-state index contributed by atoms with van der Waals surface area (Å²) in [6.07, 6.45) is 0. The number of halogens is 1. The van der Waals surface area contributed by atoms with Gasteiger partial charge in [-0.2, -0.15) is 0 Å². The van der Waals surface area contributed by atoms with Gasteiger partial charge >= 0.3 is 0 Å². The first-order valence-electron chi connectivity index (χ1n) is 4.19. The average Bonchev–Trinajstić information content (AvgIpc) is 2.61. The van der Waals surface area contributed by atoms with Gasteiger partial charge in [-0.1, -0.05) is 15.9 Å². The molecule has 2 aromatic rings. The van der Waals surface area contributed by atoms with Gasteiger partial charge in [0, 0.05) is 9.86 Å². The van der Waals surface area contributed by atoms with Crippen molar-refractivity contribution >= 4 is 26.8 Å². The Morgan fingerprint density at radius 2 is 2.14 bits per heavy atom. The number of hydrogen-bond acceptors (Lipinski definition) is 3. The van der Waals surface area contributed by atoms with Gasteiger partial charge in [0.05, 0.1) is 5.52 Å². The van der Waals surface area contributed by atoms with E-state index in [1.54, 1.807) is 0 Å². The van der Waals surface area contributed by atoms with Gasteiger partial charge in [0.25, 0.3) is 5.88 Å². The summed E-state index contributed by atoms with van der Waals surface area (Å²) in [5, 5.41) is 1.05. The van der Waals surface area contributed by atoms with E-state index in [0.717, 1.165) is 21.1 Å². The summed E-state index contributed by atoms with van der Waals surface area (Å²) in [6.45, 7) is 0.264. The van der Waals surface area contributed by atoms with Crippen molar-refractivity contribution in [2.24, 2.45) is 0 Å². The highest BCUT2D eigenvalue weighted by Gasteiger charge is 2.15. The highest BCUT2D eigenvalue weighted by Crippen LogP contribution is 2.33. The van der Waals surface area contributed by atoms with Crippen LogP contribution in [0.2, 0.25) is 0 Å². The van der Waals surface area contributed by atoms with Gasteiger partial charge in [-0.05, 0) is 24.3 Å². The molecule has 3 nitrogen and oxygen atoms in total. The molecule has 1 aromatic carbocycles. The minimum atomic E-state index is 0.264. The topological polar surface area (TPSA) is 31.4 Å². The first-order valence-corrected chi connectivity index (χ1v) is 4.98. The van der Waals surface area contributed by atoms with E-state index in [4.69, 9.17) is 9.47 Å². The van der Waals surface area contributed by atoms with E-state index < -0.39 is 0 Å². The summed E-state index contributed by atoms with van der Waals surface area (Å²) in [7, 11) is 0. The Bertz CT molecular complexity index is 513. The molecule has 1 aromatic heterocycles. The summed E-state index contributed by atoms with van der Waals surface area (Å²) >= 11 is 3.41. The summed E-state index contributed by atoms with van der Waals surface area (Å²) in [6, 6.07) is 7.85. The SMILES string of the molecule is Brc1ccc2nc3c(cc2c1)OCO3. The molecular formula is C10H6BrNO2. The third kappa shape index (κ3) is 1.14. The van der Waals surface area contributed by atoms with Crippen LogP contribution in [0, 0.1) is 0 Å². The van der Waals surface area contributed by atoms with Crippen molar-refractivity contribution in [3.63, 3.8) is 0 Å². The number of benzene rings is 1. The lowest BCUT2D eigenvalue weighted by Gasteiger charge is -1.99. The highest BCUT2D eigenvalue weighted by atomic mass is 79.9. The van der Waals surface area contributed by atoms with Crippen LogP contribution in [-0.4, -0.2) is 11.8 Å². The summed E-state index contributed by atoms with van der Waals surface area (Å²) < 4.78 is 11.5. The van der Waals surface area contributed by atoms with E-state index in [2.05, 4.69) is 20.9 Å². The number of nitrogens with zero attached hydrogens (tertiary/aromatic N) is 1. The van der Waals surface area contributed by atoms with Gasteiger partial charge in [-0.15, -0.1) is 0 Å². The van der Waals surface area contributed by atoms with Crippen LogP contribution >= 0.6 is 15.9 Å². The molecule has 4 heteroatoms. The van der Waals surface area contributed by atoms with E-state index in [1.165, 1.54) is 0 Å². The van der Waals surface area contributed by atoms with Gasteiger partial charge in [0.2, 0.25) is 6.79 Å². The minimum absolute atomic E-state index is 0.264. The lowest BCUT2D eigenvalue weighted by Crippen LogP contribution is -1.93. The molecule has 0 saturated heterocycles. The maximum Gasteiger partial charge on any atom is 0.260 e. The van der Waals surface area contributed by atoms with Crippen LogP contribution in [0.3, 0.4) is 0 Å². The fourth-order valence-corrected chi connectivity index (χ4v) is 1.84. The Morgan fingerprint density at radius 1 is 1.21 bits per heavy atom. The van der Waals surface area contributed by atoms with Crippen molar-refractivity contribution in [1.82, 2.24) is 4.98 Å². The number of ether oxygens (including phenoxy) is 2. The van der Waals surface area contributed by atoms with E-state index in [1.807, 2.05) is 24.3 Å². The molecule has 0 fully saturated rings. The standard InChI is InChI=1S/C10H6BrNO2/c11-7-1-2-8-6(3-7)4-9-10(12-8)14-5-13-9/h1-4H,5H2. The fraction of sp³-hybridized carbons (Fsp3) is 0.100. The Hall–Kier alpha value is -1.29. The van der Waals surface area contributed by atoms with Crippen LogP contribution in [0.15, 0.2) is 28.7 Å². The smallest absolute Gasteiger partial charge is 0.260 e. The van der Waals surface area contributed by atoms with Crippen molar-refractivity contribution < 1.29 is 9.47 Å². The zero-order valence-electron chi connectivity index (χ0n) is 7.16. The van der Waals surface area contributed by atoms with Gasteiger partial charge in [-0.25, -0.2) is 4.98 Å². The third-order valence-electron chi connectivity index (χ3n) is 2.12. The molecule has 2 heterocycles. The number of rotatable bonds is 0. The summed E-state index contributed by atoms with van der Waals surface area (Å²) in [5.41, 5.74) is 0.914. The molecular weight excluding hydrogens is 246 g/mol. The maximum atomic E-state index is 5.25. The molecule has 0 atom stereocenters. The number of fused-ring (bicyclic) bond motifs is 2. The molecule has 0 aliphatic carbocycles. The molecule has 0 N–H and O–H groups in total. The van der Waals surface area contributed by atoms with Gasteiger partial charge in [0.1, 0.15) is 0 Å². The zero-order chi connectivity index (χ0) is 9.54. The maximum absolute atomic E-state index is 5.25. The molecule has 0 amide bonds. The summed E-state index contributed by atoms with van der Waals surface area (Å²) in [5.74, 6) is 1.30. The predicted molar refractivity (Wildman–Crippen MR) is 55.6 cm³/mol. The molecule has 0 bridgehead atoms. The molecule has 0 unspecified atom stereocenters. The second-order valence-electron chi connectivity index (χ2n) is 3.04. The van der Waals surface area contributed by atoms with Crippen molar-refractivity contribution in [1.29, 1.82) is 0 Å². The van der Waals surface area contributed by atoms with Crippen LogP contribution < -0.4 is 9.47 Å². The molecule has 70 valence electrons. The normalized spacial score (nSPS) is 13.5. The molecule has 0 radical (unpaired) electrons. The Morgan fingerprint density at radius 3 is 3.07 bits per heavy atom. The Balaban J connectivity index is 2.33. The predicted octanol–water partition coefficient (Wildman–Crippen LogP) is 2.73. The lowest BCUT2D eigenvalue weighted by molar-refractivity contribution is 0.171. The number of pyridine rings is 1. The molecule has 0 spiro atoms. The molecule has 1 aliphatic rings. The second kappa shape index (κ2) is 2.85. The molecule has 14 heavy (non-hydrogen) atoms. The summed E-state index contributed by atoms with van der Waals surface area (Å²) in [4.78, 5) is 4.33. The van der Waals surface area contributed by atoms with Gasteiger partial charge in [-0.3, -0.25) is 0 Å². The minimum Gasteiger partial charge on any atom is -0.452 e. The number of aromatic nitrogens is 1. The van der Waals surface area contributed by atoms with Crippen LogP contribution in [0.5, 0.6) is 11.6 Å². The lowest BCUT2D eigenvalue weighted by atomic mass is 10.2. The zero-order valence-corrected chi connectivity index (χ0v) is 8.74. The van der Waals surface area contributed by atoms with Gasteiger partial charge < -0.3 is 9.47 Å². The van der Waals surface area contributed by atoms with Crippen LogP contribution in [-0.2, 0) is 0 Å². The van der Waals surface area contributed by atoms with E-state index in [9.17, 15) is 0 Å². The van der Waals surface area contributed by atoms with E-state index in [0.29, 0.717) is 5.88 Å². The highest BCUT2D eigenvalue weighted by molar-refractivity contribution is 9.10. The quantitative estimate of drug-likeness (QED) is 0.722. The fourth-order valence-electron chi connectivity index (χ4n) is 1.47. The molecule has 0 saturated carbocycles. The van der Waals surface area contributed by atoms with Crippen LogP contribution in [0.1, 0.15) is 0 Å². The first-order chi connectivity index (χ1) is 6.83. The molecule has 1 aliphatic heterocycles. The Kier molecular flexibility index (Phi) is 1.64. The molecule has 3 rings (SSSR count). The van der Waals surface area contributed by atoms with E-state index in [-0.39, 0.29) is 6.79 Å². The first kappa shape index (κ1) is 8.05. The van der Waals surface area contributed by atoms with E-state index >= 15 is 0 Å². The Labute approximate surface area is 88.8 Å². The van der Waals surface area contributed by atoms with Crippen LogP contribution in [0.25, 0.3) is 10.9 Å². The van der Waals surface area contributed by atoms with Crippen molar-refractivity contribution in [3.05, 3.63) is 28.7 Å². The van der Waals surface area contributed by atoms with Gasteiger partial charge in [0.15, 0.2) is 5.75 Å². The largest absolute Gasteiger partial charge is 0.452 e. The number of hydrogen-bond donors (Lipinski definition) is 0. The third-order valence-corrected chi connectivity index (χ3v) is 2.61. The van der Waals surface area contributed by atoms with Crippen molar-refractivity contribution in [3.8, 4) is 11.6 Å². The average molecular weight is 252 g/mol. The second-order valence-corrected chi connectivity index (χ2v) is 3.95. The van der Waals surface area contributed by atoms with Crippen molar-refractivity contribution in [2.45, 2.75) is 0 Å².